The third-order valence-electron chi connectivity index (χ3n) is 6.06. The van der Waals surface area contributed by atoms with Crippen molar-refractivity contribution in [2.45, 2.75) is 52.3 Å². The van der Waals surface area contributed by atoms with Crippen LogP contribution in [0.25, 0.3) is 16.9 Å². The number of terminal acetylenes is 1. The van der Waals surface area contributed by atoms with Crippen LogP contribution in [0.3, 0.4) is 0 Å². The Morgan fingerprint density at radius 1 is 1.21 bits per heavy atom. The number of hydrogen-bond acceptors (Lipinski definition) is 5. The molecule has 0 aliphatic carbocycles. The van der Waals surface area contributed by atoms with Crippen LogP contribution in [-0.2, 0) is 23.9 Å². The second-order valence-electron chi connectivity index (χ2n) is 8.97. The number of fused-ring (bicyclic) bond motifs is 1. The number of rotatable bonds is 11. The summed E-state index contributed by atoms with van der Waals surface area (Å²) < 4.78 is 49.2. The Kier molecular flexibility index (Phi) is 8.27. The van der Waals surface area contributed by atoms with Crippen LogP contribution in [0.1, 0.15) is 59.1 Å². The van der Waals surface area contributed by atoms with Gasteiger partial charge in [0.1, 0.15) is 6.54 Å². The molecule has 0 aliphatic rings. The smallest absolute Gasteiger partial charge is 0.381 e. The van der Waals surface area contributed by atoms with E-state index >= 15 is 0 Å². The molecule has 0 amide bonds. The Labute approximate surface area is 218 Å². The van der Waals surface area contributed by atoms with Crippen LogP contribution in [-0.4, -0.2) is 43.1 Å². The van der Waals surface area contributed by atoms with Crippen LogP contribution in [0.2, 0.25) is 0 Å². The fourth-order valence-corrected chi connectivity index (χ4v) is 4.35. The number of alkyl halides is 3. The highest BCUT2D eigenvalue weighted by Gasteiger charge is 2.38. The van der Waals surface area contributed by atoms with Crippen LogP contribution >= 0.6 is 0 Å². The van der Waals surface area contributed by atoms with Gasteiger partial charge in [0, 0.05) is 50.2 Å². The lowest BCUT2D eigenvalue weighted by molar-refractivity contribution is -0.141. The molecule has 0 saturated carbocycles. The highest BCUT2D eigenvalue weighted by molar-refractivity contribution is 5.97. The van der Waals surface area contributed by atoms with E-state index in [0.29, 0.717) is 49.4 Å². The molecule has 0 unspecified atom stereocenters. The molecule has 0 spiro atoms. The van der Waals surface area contributed by atoms with Gasteiger partial charge in [-0.1, -0.05) is 31.0 Å². The van der Waals surface area contributed by atoms with Gasteiger partial charge in [0.05, 0.1) is 23.1 Å². The number of Topliss-reactive ketones (excluding diaryl/α,β-unsaturated/α-hetero) is 1. The van der Waals surface area contributed by atoms with Gasteiger partial charge in [-0.2, -0.15) is 18.3 Å². The van der Waals surface area contributed by atoms with Gasteiger partial charge >= 0.3 is 6.18 Å². The zero-order chi connectivity index (χ0) is 27.3. The molecule has 1 aromatic carbocycles. The fourth-order valence-electron chi connectivity index (χ4n) is 4.35. The molecule has 4 aromatic rings. The molecular weight excluding hydrogens is 495 g/mol. The van der Waals surface area contributed by atoms with Crippen molar-refractivity contribution in [2.24, 2.45) is 0 Å². The number of hydrogen-bond donors (Lipinski definition) is 0. The third-order valence-corrected chi connectivity index (χ3v) is 6.06. The molecule has 3 aromatic heterocycles. The van der Waals surface area contributed by atoms with Crippen molar-refractivity contribution in [1.82, 2.24) is 24.1 Å². The summed E-state index contributed by atoms with van der Waals surface area (Å²) in [4.78, 5) is 21.5. The number of benzene rings is 1. The molecule has 0 fully saturated rings. The molecule has 7 nitrogen and oxygen atoms in total. The average molecular weight is 524 g/mol. The quantitative estimate of drug-likeness (QED) is 0.147. The molecule has 10 heteroatoms. The number of carbonyl (C=O) groups is 1. The van der Waals surface area contributed by atoms with Crippen molar-refractivity contribution in [3.63, 3.8) is 0 Å². The Hall–Kier alpha value is -3.97. The summed E-state index contributed by atoms with van der Waals surface area (Å²) in [6.45, 7) is 5.10. The van der Waals surface area contributed by atoms with E-state index in [0.717, 1.165) is 22.2 Å². The first-order valence-electron chi connectivity index (χ1n) is 12.3. The Morgan fingerprint density at radius 3 is 2.74 bits per heavy atom. The maximum atomic E-state index is 13.7. The molecule has 0 saturated heterocycles. The molecule has 0 aliphatic heterocycles. The van der Waals surface area contributed by atoms with Crippen molar-refractivity contribution >= 4 is 11.4 Å². The van der Waals surface area contributed by atoms with E-state index in [1.165, 1.54) is 18.6 Å². The predicted octanol–water partition coefficient (Wildman–Crippen LogP) is 5.53. The molecule has 0 N–H and O–H groups in total. The Balaban J connectivity index is 1.58. The van der Waals surface area contributed by atoms with E-state index in [9.17, 15) is 18.0 Å². The predicted molar refractivity (Wildman–Crippen MR) is 137 cm³/mol. The van der Waals surface area contributed by atoms with E-state index < -0.39 is 11.9 Å². The molecule has 0 radical (unpaired) electrons. The van der Waals surface area contributed by atoms with Crippen LogP contribution in [0.4, 0.5) is 13.2 Å². The number of ether oxygens (including phenoxy) is 1. The highest BCUT2D eigenvalue weighted by Crippen LogP contribution is 2.36. The van der Waals surface area contributed by atoms with Gasteiger partial charge in [0.2, 0.25) is 0 Å². The summed E-state index contributed by atoms with van der Waals surface area (Å²) in [7, 11) is 0. The van der Waals surface area contributed by atoms with Gasteiger partial charge in [-0.25, -0.2) is 4.98 Å². The lowest BCUT2D eigenvalue weighted by Gasteiger charge is -2.10. The lowest BCUT2D eigenvalue weighted by atomic mass is 9.97. The normalized spacial score (nSPS) is 11.7. The van der Waals surface area contributed by atoms with Gasteiger partial charge in [0.15, 0.2) is 17.1 Å². The minimum absolute atomic E-state index is 0.0677. The summed E-state index contributed by atoms with van der Waals surface area (Å²) in [5.41, 5.74) is 2.56. The molecule has 3 heterocycles. The SMILES string of the molecule is C#CCn1cc(-c2cnc3c(Cc4ccc(C(=O)CCCOCCC)c(C)c4)nccn23)c(C(F)(F)F)n1. The van der Waals surface area contributed by atoms with Crippen molar-refractivity contribution in [2.75, 3.05) is 13.2 Å². The topological polar surface area (TPSA) is 74.3 Å². The van der Waals surface area contributed by atoms with E-state index in [2.05, 4.69) is 21.0 Å². The Morgan fingerprint density at radius 2 is 2.03 bits per heavy atom. The average Bonchev–Trinajstić information content (AvgIpc) is 3.49. The van der Waals surface area contributed by atoms with Gasteiger partial charge < -0.3 is 4.74 Å². The van der Waals surface area contributed by atoms with E-state index in [-0.39, 0.29) is 23.6 Å². The van der Waals surface area contributed by atoms with Crippen molar-refractivity contribution in [3.05, 3.63) is 71.1 Å². The summed E-state index contributed by atoms with van der Waals surface area (Å²) in [5, 5.41) is 3.65. The maximum absolute atomic E-state index is 13.7. The van der Waals surface area contributed by atoms with Crippen molar-refractivity contribution in [3.8, 4) is 23.6 Å². The maximum Gasteiger partial charge on any atom is 0.435 e. The summed E-state index contributed by atoms with van der Waals surface area (Å²) in [5.74, 6) is 2.37. The second-order valence-corrected chi connectivity index (χ2v) is 8.97. The first-order chi connectivity index (χ1) is 18.2. The van der Waals surface area contributed by atoms with E-state index in [4.69, 9.17) is 11.2 Å². The standard InChI is InChI=1S/C28H28F3N5O2/c1-4-11-35-18-22(26(34-35)28(29,30)31)24-17-33-27-23(32-10-12-36(24)27)16-20-8-9-21(19(3)15-20)25(37)7-6-14-38-13-5-2/h1,8-10,12,15,17-18H,5-7,11,13-14,16H2,2-3H3. The summed E-state index contributed by atoms with van der Waals surface area (Å²) >= 11 is 0. The minimum Gasteiger partial charge on any atom is -0.381 e. The fraction of sp³-hybridized carbons (Fsp3) is 0.357. The van der Waals surface area contributed by atoms with Crippen molar-refractivity contribution in [1.29, 1.82) is 0 Å². The van der Waals surface area contributed by atoms with Gasteiger partial charge in [0.25, 0.3) is 0 Å². The number of imidazole rings is 1. The largest absolute Gasteiger partial charge is 0.435 e. The molecular formula is C28H28F3N5O2. The number of carbonyl (C=O) groups excluding carboxylic acids is 1. The first-order valence-corrected chi connectivity index (χ1v) is 12.3. The van der Waals surface area contributed by atoms with Gasteiger partial charge in [-0.3, -0.25) is 18.9 Å². The van der Waals surface area contributed by atoms with E-state index in [1.54, 1.807) is 10.6 Å². The summed E-state index contributed by atoms with van der Waals surface area (Å²) in [6, 6.07) is 5.61. The molecule has 0 atom stereocenters. The zero-order valence-electron chi connectivity index (χ0n) is 21.3. The molecule has 4 rings (SSSR count). The Bertz CT molecular complexity index is 1480. The van der Waals surface area contributed by atoms with Crippen LogP contribution in [0.15, 0.2) is 43.0 Å². The molecule has 38 heavy (non-hydrogen) atoms. The van der Waals surface area contributed by atoms with Crippen molar-refractivity contribution < 1.29 is 22.7 Å². The first kappa shape index (κ1) is 27.1. The number of ketones is 1. The lowest BCUT2D eigenvalue weighted by Crippen LogP contribution is -2.09. The number of aryl methyl sites for hydroxylation is 1. The van der Waals surface area contributed by atoms with Crippen LogP contribution in [0.5, 0.6) is 0 Å². The summed E-state index contributed by atoms with van der Waals surface area (Å²) in [6.07, 6.45) is 8.78. The van der Waals surface area contributed by atoms with Gasteiger partial charge in [-0.15, -0.1) is 6.42 Å². The third kappa shape index (κ3) is 5.94. The highest BCUT2D eigenvalue weighted by atomic mass is 19.4. The number of nitrogens with zero attached hydrogens (tertiary/aromatic N) is 5. The minimum atomic E-state index is -4.66. The monoisotopic (exact) mass is 523 g/mol. The molecule has 198 valence electrons. The van der Waals surface area contributed by atoms with Crippen LogP contribution in [0, 0.1) is 19.3 Å². The second kappa shape index (κ2) is 11.6. The number of halogens is 3. The van der Waals surface area contributed by atoms with E-state index in [1.807, 2.05) is 32.0 Å². The van der Waals surface area contributed by atoms with Gasteiger partial charge in [-0.05, 0) is 30.9 Å². The zero-order valence-corrected chi connectivity index (χ0v) is 21.3. The molecule has 0 bridgehead atoms. The number of aromatic nitrogens is 5. The van der Waals surface area contributed by atoms with Crippen LogP contribution < -0.4 is 0 Å².